The molecule has 7 nitrogen and oxygen atoms in total. The standard InChI is InChI=1S/C36H55NO6/c1-22(2)26-12-17-36(21-42-24(4)39)19-18-34(8)27(31(26)36)10-11-29-32(6)15-14-30(37-43-25(5)40)33(7,20-41-23(3)38)28(32)13-16-35(29,34)9/h26-29,31H,1,10-21H2,2-9H3/b37-30+/t26-,27+,28+,29+,31+,32-,33-,34+,35+,36+/m0/s1. The molecule has 5 fully saturated rings. The van der Waals surface area contributed by atoms with Gasteiger partial charge in [-0.1, -0.05) is 45.0 Å². The molecule has 0 aromatic rings. The number of ether oxygens (including phenoxy) is 2. The van der Waals surface area contributed by atoms with E-state index in [1.54, 1.807) is 0 Å². The predicted molar refractivity (Wildman–Crippen MR) is 166 cm³/mol. The van der Waals surface area contributed by atoms with Gasteiger partial charge in [0.2, 0.25) is 0 Å². The van der Waals surface area contributed by atoms with Crippen molar-refractivity contribution in [3.8, 4) is 0 Å². The number of esters is 2. The molecular formula is C36H55NO6. The first kappa shape index (κ1) is 32.2. The van der Waals surface area contributed by atoms with Crippen LogP contribution in [0.3, 0.4) is 0 Å². The quantitative estimate of drug-likeness (QED) is 0.135. The van der Waals surface area contributed by atoms with E-state index in [0.29, 0.717) is 30.3 Å². The van der Waals surface area contributed by atoms with E-state index in [-0.39, 0.29) is 46.1 Å². The molecule has 0 heterocycles. The van der Waals surface area contributed by atoms with E-state index in [9.17, 15) is 14.4 Å². The third-order valence-corrected chi connectivity index (χ3v) is 14.3. The van der Waals surface area contributed by atoms with Crippen molar-refractivity contribution in [1.29, 1.82) is 0 Å². The molecule has 0 bridgehead atoms. The molecule has 5 rings (SSSR count). The average molecular weight is 598 g/mol. The highest BCUT2D eigenvalue weighted by molar-refractivity contribution is 5.91. The van der Waals surface area contributed by atoms with Gasteiger partial charge in [0.1, 0.15) is 6.61 Å². The number of fused-ring (bicyclic) bond motifs is 7. The monoisotopic (exact) mass is 597 g/mol. The summed E-state index contributed by atoms with van der Waals surface area (Å²) in [6.45, 7) is 21.7. The molecule has 0 unspecified atom stereocenters. The fourth-order valence-electron chi connectivity index (χ4n) is 12.1. The molecule has 0 saturated heterocycles. The highest BCUT2D eigenvalue weighted by Gasteiger charge is 2.71. The van der Waals surface area contributed by atoms with Crippen molar-refractivity contribution >= 4 is 23.6 Å². The minimum Gasteiger partial charge on any atom is -0.465 e. The Hall–Kier alpha value is -2.18. The van der Waals surface area contributed by atoms with Crippen molar-refractivity contribution < 1.29 is 28.7 Å². The second-order valence-electron chi connectivity index (χ2n) is 16.1. The summed E-state index contributed by atoms with van der Waals surface area (Å²) in [6.07, 6.45) is 10.7. The van der Waals surface area contributed by atoms with E-state index >= 15 is 0 Å². The highest BCUT2D eigenvalue weighted by Crippen LogP contribution is 2.77. The second-order valence-corrected chi connectivity index (χ2v) is 16.1. The van der Waals surface area contributed by atoms with Gasteiger partial charge in [-0.3, -0.25) is 9.59 Å². The fraction of sp³-hybridized carbons (Fsp3) is 0.833. The Kier molecular flexibility index (Phi) is 8.25. The van der Waals surface area contributed by atoms with Crippen LogP contribution in [0, 0.1) is 56.7 Å². The number of hydrogen-bond donors (Lipinski definition) is 0. The molecule has 10 atom stereocenters. The Balaban J connectivity index is 1.51. The van der Waals surface area contributed by atoms with E-state index in [4.69, 9.17) is 14.3 Å². The van der Waals surface area contributed by atoms with Gasteiger partial charge < -0.3 is 14.3 Å². The Morgan fingerprint density at radius 3 is 2.07 bits per heavy atom. The first-order valence-corrected chi connectivity index (χ1v) is 16.7. The van der Waals surface area contributed by atoms with Crippen LogP contribution in [0.15, 0.2) is 17.3 Å². The lowest BCUT2D eigenvalue weighted by atomic mass is 9.32. The number of carbonyl (C=O) groups is 3. The van der Waals surface area contributed by atoms with Crippen LogP contribution < -0.4 is 0 Å². The summed E-state index contributed by atoms with van der Waals surface area (Å²) in [5, 5.41) is 4.37. The van der Waals surface area contributed by atoms with Crippen molar-refractivity contribution in [3.63, 3.8) is 0 Å². The summed E-state index contributed by atoms with van der Waals surface area (Å²) < 4.78 is 11.5. The summed E-state index contributed by atoms with van der Waals surface area (Å²) in [7, 11) is 0. The average Bonchev–Trinajstić information content (AvgIpc) is 3.31. The Labute approximate surface area is 258 Å². The molecule has 5 saturated carbocycles. The molecule has 43 heavy (non-hydrogen) atoms. The van der Waals surface area contributed by atoms with E-state index in [2.05, 4.69) is 46.4 Å². The summed E-state index contributed by atoms with van der Waals surface area (Å²) >= 11 is 0. The van der Waals surface area contributed by atoms with Crippen LogP contribution in [-0.2, 0) is 28.7 Å². The van der Waals surface area contributed by atoms with Crippen molar-refractivity contribution in [2.45, 2.75) is 120 Å². The van der Waals surface area contributed by atoms with Gasteiger partial charge in [-0.2, -0.15) is 0 Å². The SMILES string of the molecule is C=C(C)[C@@H]1CC[C@]2(COC(C)=O)CC[C@]3(C)[C@H](CC[C@@H]4[C@@]5(C)CC/C(=N\OC(C)=O)[C@@](C)(COC(C)=O)[C@@H]5CC[C@]43C)[C@@H]12. The van der Waals surface area contributed by atoms with E-state index in [0.717, 1.165) is 57.1 Å². The van der Waals surface area contributed by atoms with E-state index < -0.39 is 11.4 Å². The lowest BCUT2D eigenvalue weighted by molar-refractivity contribution is -0.234. The lowest BCUT2D eigenvalue weighted by Gasteiger charge is -2.72. The summed E-state index contributed by atoms with van der Waals surface area (Å²) in [6, 6.07) is 0. The normalized spacial score (nSPS) is 46.0. The van der Waals surface area contributed by atoms with Crippen LogP contribution in [0.2, 0.25) is 0 Å². The zero-order chi connectivity index (χ0) is 31.6. The maximum Gasteiger partial charge on any atom is 0.331 e. The van der Waals surface area contributed by atoms with Crippen LogP contribution in [-0.4, -0.2) is 36.8 Å². The molecule has 0 spiro atoms. The Bertz CT molecular complexity index is 1210. The third kappa shape index (κ3) is 4.90. The lowest BCUT2D eigenvalue weighted by Crippen LogP contribution is -2.67. The van der Waals surface area contributed by atoms with Crippen LogP contribution in [0.4, 0.5) is 0 Å². The van der Waals surface area contributed by atoms with Gasteiger partial charge in [0.15, 0.2) is 0 Å². The number of hydrogen-bond acceptors (Lipinski definition) is 7. The maximum absolute atomic E-state index is 12.0. The van der Waals surface area contributed by atoms with Crippen LogP contribution in [0.5, 0.6) is 0 Å². The molecule has 0 aromatic heterocycles. The zero-order valence-electron chi connectivity index (χ0n) is 28.0. The molecule has 240 valence electrons. The topological polar surface area (TPSA) is 91.3 Å². The summed E-state index contributed by atoms with van der Waals surface area (Å²) in [4.78, 5) is 40.9. The molecule has 0 aliphatic heterocycles. The summed E-state index contributed by atoms with van der Waals surface area (Å²) in [5.41, 5.74) is 2.07. The number of rotatable bonds is 6. The number of nitrogens with zero attached hydrogens (tertiary/aromatic N) is 1. The molecule has 5 aliphatic rings. The Morgan fingerprint density at radius 2 is 1.44 bits per heavy atom. The van der Waals surface area contributed by atoms with E-state index in [1.807, 2.05) is 0 Å². The largest absolute Gasteiger partial charge is 0.465 e. The number of oxime groups is 1. The fourth-order valence-corrected chi connectivity index (χ4v) is 12.1. The first-order chi connectivity index (χ1) is 20.0. The molecule has 0 N–H and O–H groups in total. The van der Waals surface area contributed by atoms with Crippen LogP contribution in [0.1, 0.15) is 120 Å². The molecule has 0 aromatic carbocycles. The van der Waals surface area contributed by atoms with Gasteiger partial charge in [0.05, 0.1) is 12.3 Å². The van der Waals surface area contributed by atoms with Gasteiger partial charge in [-0.15, -0.1) is 0 Å². The summed E-state index contributed by atoms with van der Waals surface area (Å²) in [5.74, 6) is 1.44. The van der Waals surface area contributed by atoms with Crippen molar-refractivity contribution in [3.05, 3.63) is 12.2 Å². The third-order valence-electron chi connectivity index (χ3n) is 14.3. The minimum atomic E-state index is -0.491. The van der Waals surface area contributed by atoms with Crippen molar-refractivity contribution in [2.24, 2.45) is 61.8 Å². The Morgan fingerprint density at radius 1 is 0.767 bits per heavy atom. The molecule has 0 radical (unpaired) electrons. The van der Waals surface area contributed by atoms with Gasteiger partial charge >= 0.3 is 17.9 Å². The molecule has 0 amide bonds. The molecule has 7 heteroatoms. The zero-order valence-corrected chi connectivity index (χ0v) is 28.0. The predicted octanol–water partition coefficient (Wildman–Crippen LogP) is 7.67. The van der Waals surface area contributed by atoms with Crippen LogP contribution in [0.25, 0.3) is 0 Å². The minimum absolute atomic E-state index is 0.0425. The smallest absolute Gasteiger partial charge is 0.331 e. The van der Waals surface area contributed by atoms with Crippen molar-refractivity contribution in [2.75, 3.05) is 13.2 Å². The van der Waals surface area contributed by atoms with Crippen molar-refractivity contribution in [1.82, 2.24) is 0 Å². The molecular weight excluding hydrogens is 542 g/mol. The van der Waals surface area contributed by atoms with Crippen LogP contribution >= 0.6 is 0 Å². The second kappa shape index (κ2) is 11.0. The highest BCUT2D eigenvalue weighted by atomic mass is 16.7. The van der Waals surface area contributed by atoms with Gasteiger partial charge in [0, 0.05) is 31.6 Å². The maximum atomic E-state index is 12.0. The number of carbonyl (C=O) groups excluding carboxylic acids is 3. The van der Waals surface area contributed by atoms with Gasteiger partial charge in [-0.05, 0) is 117 Å². The van der Waals surface area contributed by atoms with Gasteiger partial charge in [-0.25, -0.2) is 4.79 Å². The van der Waals surface area contributed by atoms with Gasteiger partial charge in [0.25, 0.3) is 0 Å². The van der Waals surface area contributed by atoms with E-state index in [1.165, 1.54) is 39.2 Å². The first-order valence-electron chi connectivity index (χ1n) is 16.7. The number of allylic oxidation sites excluding steroid dienone is 1. The molecule has 5 aliphatic carbocycles.